The molecular weight excluding hydrogens is 316 g/mol. The van der Waals surface area contributed by atoms with Crippen molar-refractivity contribution >= 4 is 34.4 Å². The maximum Gasteiger partial charge on any atom is 0.104 e. The molecule has 23 heavy (non-hydrogen) atoms. The average Bonchev–Trinajstić information content (AvgIpc) is 2.59. The lowest BCUT2D eigenvalue weighted by Crippen LogP contribution is -2.15. The molecule has 2 rings (SSSR count). The van der Waals surface area contributed by atoms with Crippen LogP contribution in [0.25, 0.3) is 0 Å². The molecule has 0 fully saturated rings. The lowest BCUT2D eigenvalue weighted by Gasteiger charge is -2.16. The molecule has 7 heteroatoms. The molecule has 0 saturated heterocycles. The Morgan fingerprint density at radius 1 is 1.13 bits per heavy atom. The Labute approximate surface area is 140 Å². The fourth-order valence-electron chi connectivity index (χ4n) is 1.81. The minimum atomic E-state index is 0.459. The van der Waals surface area contributed by atoms with Crippen molar-refractivity contribution in [2.24, 2.45) is 10.2 Å². The van der Waals surface area contributed by atoms with Crippen LogP contribution in [0, 0.1) is 0 Å². The van der Waals surface area contributed by atoms with E-state index in [1.165, 1.54) is 7.11 Å². The Balaban J connectivity index is 2.07. The van der Waals surface area contributed by atoms with Crippen LogP contribution in [0.15, 0.2) is 52.7 Å². The first kappa shape index (κ1) is 17.2. The van der Waals surface area contributed by atoms with Gasteiger partial charge in [0.15, 0.2) is 0 Å². The van der Waals surface area contributed by atoms with Crippen molar-refractivity contribution in [1.82, 2.24) is 0 Å². The highest BCUT2D eigenvalue weighted by atomic mass is 35.5. The highest BCUT2D eigenvalue weighted by Crippen LogP contribution is 2.30. The third kappa shape index (κ3) is 4.92. The Kier molecular flexibility index (Phi) is 6.34. The van der Waals surface area contributed by atoms with Crippen molar-refractivity contribution in [3.8, 4) is 0 Å². The molecule has 0 atom stereocenters. The molecule has 0 unspecified atom stereocenters. The third-order valence-corrected chi connectivity index (χ3v) is 3.53. The van der Waals surface area contributed by atoms with Gasteiger partial charge in [-0.25, -0.2) is 10.4 Å². The topological polar surface area (TPSA) is 58.5 Å². The van der Waals surface area contributed by atoms with Gasteiger partial charge in [0, 0.05) is 19.3 Å². The van der Waals surface area contributed by atoms with Crippen LogP contribution in [0.2, 0.25) is 5.02 Å². The number of azo groups is 1. The zero-order valence-corrected chi connectivity index (χ0v) is 14.0. The molecule has 0 aliphatic heterocycles. The lowest BCUT2D eigenvalue weighted by atomic mass is 10.2. The highest BCUT2D eigenvalue weighted by molar-refractivity contribution is 6.33. The Hall–Kier alpha value is -2.15. The van der Waals surface area contributed by atoms with Crippen LogP contribution in [0.3, 0.4) is 0 Å². The molecule has 0 aliphatic rings. The number of anilines is 2. The van der Waals surface area contributed by atoms with Gasteiger partial charge in [-0.05, 0) is 49.4 Å². The summed E-state index contributed by atoms with van der Waals surface area (Å²) in [4.78, 5) is 11.2. The first-order valence-electron chi connectivity index (χ1n) is 7.12. The van der Waals surface area contributed by atoms with E-state index < -0.39 is 0 Å². The second-order valence-electron chi connectivity index (χ2n) is 4.75. The summed E-state index contributed by atoms with van der Waals surface area (Å²) < 4.78 is 0. The van der Waals surface area contributed by atoms with Gasteiger partial charge in [0.25, 0.3) is 0 Å². The SMILES string of the molecule is CCN(C)c1ccc(N=Nc2ccc(NOOC)cc2Cl)cc1. The highest BCUT2D eigenvalue weighted by Gasteiger charge is 2.02. The summed E-state index contributed by atoms with van der Waals surface area (Å²) in [6.45, 7) is 3.05. The number of nitrogens with zero attached hydrogens (tertiary/aromatic N) is 3. The van der Waals surface area contributed by atoms with Crippen molar-refractivity contribution in [3.63, 3.8) is 0 Å². The van der Waals surface area contributed by atoms with Crippen molar-refractivity contribution < 1.29 is 9.88 Å². The predicted octanol–water partition coefficient (Wildman–Crippen LogP) is 5.12. The van der Waals surface area contributed by atoms with Gasteiger partial charge in [0.2, 0.25) is 0 Å². The minimum absolute atomic E-state index is 0.459. The van der Waals surface area contributed by atoms with Crippen molar-refractivity contribution in [3.05, 3.63) is 47.5 Å². The quantitative estimate of drug-likeness (QED) is 0.434. The molecule has 2 aromatic rings. The second-order valence-corrected chi connectivity index (χ2v) is 5.16. The first-order valence-corrected chi connectivity index (χ1v) is 7.50. The number of nitrogens with one attached hydrogen (secondary N) is 1. The summed E-state index contributed by atoms with van der Waals surface area (Å²) in [5.74, 6) is 0. The predicted molar refractivity (Wildman–Crippen MR) is 92.7 cm³/mol. The van der Waals surface area contributed by atoms with Crippen LogP contribution < -0.4 is 10.4 Å². The number of benzene rings is 2. The fourth-order valence-corrected chi connectivity index (χ4v) is 2.03. The lowest BCUT2D eigenvalue weighted by molar-refractivity contribution is -0.248. The van der Waals surface area contributed by atoms with Crippen LogP contribution >= 0.6 is 11.6 Å². The largest absolute Gasteiger partial charge is 0.375 e. The van der Waals surface area contributed by atoms with E-state index in [-0.39, 0.29) is 0 Å². The van der Waals surface area contributed by atoms with Gasteiger partial charge in [-0.2, -0.15) is 5.11 Å². The van der Waals surface area contributed by atoms with Crippen LogP contribution in [-0.2, 0) is 9.88 Å². The smallest absolute Gasteiger partial charge is 0.104 e. The van der Waals surface area contributed by atoms with Gasteiger partial charge in [0.05, 0.1) is 23.5 Å². The Morgan fingerprint density at radius 3 is 2.48 bits per heavy atom. The molecule has 2 aromatic carbocycles. The standard InChI is InChI=1S/C16H19ClN4O2/c1-4-21(2)14-8-5-12(6-9-14)18-19-16-10-7-13(11-15(16)17)20-23-22-3/h5-11,20H,4H2,1-3H3. The van der Waals surface area contributed by atoms with Crippen LogP contribution in [0.1, 0.15) is 6.92 Å². The third-order valence-electron chi connectivity index (χ3n) is 3.23. The molecule has 122 valence electrons. The summed E-state index contributed by atoms with van der Waals surface area (Å²) in [5, 5.41) is 8.83. The molecule has 0 bridgehead atoms. The van der Waals surface area contributed by atoms with E-state index in [1.807, 2.05) is 31.3 Å². The van der Waals surface area contributed by atoms with E-state index in [0.717, 1.165) is 17.9 Å². The molecule has 0 radical (unpaired) electrons. The molecule has 0 spiro atoms. The maximum atomic E-state index is 6.16. The normalized spacial score (nSPS) is 11.0. The molecular formula is C16H19ClN4O2. The van der Waals surface area contributed by atoms with E-state index in [2.05, 4.69) is 37.4 Å². The molecule has 0 aromatic heterocycles. The summed E-state index contributed by atoms with van der Waals surface area (Å²) in [7, 11) is 3.44. The molecule has 1 N–H and O–H groups in total. The number of hydrogen-bond acceptors (Lipinski definition) is 6. The van der Waals surface area contributed by atoms with E-state index in [9.17, 15) is 0 Å². The molecule has 0 amide bonds. The summed E-state index contributed by atoms with van der Waals surface area (Å²) in [6, 6.07) is 13.0. The van der Waals surface area contributed by atoms with E-state index >= 15 is 0 Å². The number of rotatable bonds is 7. The zero-order valence-electron chi connectivity index (χ0n) is 13.3. The van der Waals surface area contributed by atoms with Gasteiger partial charge < -0.3 is 4.90 Å². The van der Waals surface area contributed by atoms with Gasteiger partial charge >= 0.3 is 0 Å². The fraction of sp³-hybridized carbons (Fsp3) is 0.250. The monoisotopic (exact) mass is 334 g/mol. The first-order chi connectivity index (χ1) is 11.1. The van der Waals surface area contributed by atoms with E-state index in [1.54, 1.807) is 18.2 Å². The summed E-state index contributed by atoms with van der Waals surface area (Å²) in [5.41, 5.74) is 5.70. The second kappa shape index (κ2) is 8.47. The van der Waals surface area contributed by atoms with Gasteiger partial charge in [-0.3, -0.25) is 0 Å². The minimum Gasteiger partial charge on any atom is -0.375 e. The van der Waals surface area contributed by atoms with Crippen LogP contribution in [0.5, 0.6) is 0 Å². The van der Waals surface area contributed by atoms with Gasteiger partial charge in [0.1, 0.15) is 5.69 Å². The Bertz CT molecular complexity index is 662. The average molecular weight is 335 g/mol. The molecule has 0 saturated carbocycles. The van der Waals surface area contributed by atoms with Gasteiger partial charge in [-0.15, -0.1) is 10.1 Å². The molecule has 0 heterocycles. The van der Waals surface area contributed by atoms with Crippen molar-refractivity contribution in [1.29, 1.82) is 0 Å². The summed E-state index contributed by atoms with van der Waals surface area (Å²) >= 11 is 6.16. The van der Waals surface area contributed by atoms with Crippen molar-refractivity contribution in [2.45, 2.75) is 6.92 Å². The van der Waals surface area contributed by atoms with E-state index in [4.69, 9.17) is 11.6 Å². The van der Waals surface area contributed by atoms with Crippen LogP contribution in [0.4, 0.5) is 22.7 Å². The number of halogens is 1. The summed E-state index contributed by atoms with van der Waals surface area (Å²) in [6.07, 6.45) is 0. The Morgan fingerprint density at radius 2 is 1.87 bits per heavy atom. The molecule has 6 nitrogen and oxygen atoms in total. The molecule has 0 aliphatic carbocycles. The maximum absolute atomic E-state index is 6.16. The van der Waals surface area contributed by atoms with Crippen molar-refractivity contribution in [2.75, 3.05) is 31.1 Å². The zero-order chi connectivity index (χ0) is 16.7. The van der Waals surface area contributed by atoms with Gasteiger partial charge in [-0.1, -0.05) is 11.6 Å². The van der Waals surface area contributed by atoms with Crippen LogP contribution in [-0.4, -0.2) is 20.7 Å². The van der Waals surface area contributed by atoms with E-state index in [0.29, 0.717) is 16.4 Å². The number of hydrogen-bond donors (Lipinski definition) is 1.